The number of carbonyl (C=O) groups excluding carboxylic acids is 1. The number of nitrogens with one attached hydrogen (secondary N) is 1. The Bertz CT molecular complexity index is 866. The van der Waals surface area contributed by atoms with Gasteiger partial charge in [0.2, 0.25) is 0 Å². The molecule has 0 bridgehead atoms. The molecule has 0 aromatic heterocycles. The minimum atomic E-state index is -0.121. The maximum Gasteiger partial charge on any atom is 0.255 e. The van der Waals surface area contributed by atoms with Crippen molar-refractivity contribution in [3.8, 4) is 0 Å². The third-order valence-corrected chi connectivity index (χ3v) is 5.58. The van der Waals surface area contributed by atoms with Crippen molar-refractivity contribution in [2.75, 3.05) is 5.32 Å². The van der Waals surface area contributed by atoms with Gasteiger partial charge in [-0.2, -0.15) is 0 Å². The quantitative estimate of drug-likeness (QED) is 0.457. The summed E-state index contributed by atoms with van der Waals surface area (Å²) >= 11 is 11.1. The van der Waals surface area contributed by atoms with E-state index in [2.05, 4.69) is 21.2 Å². The lowest BCUT2D eigenvalue weighted by Crippen LogP contribution is -2.12. The predicted octanol–water partition coefficient (Wildman–Crippen LogP) is 6.65. The molecule has 0 spiro atoms. The van der Waals surface area contributed by atoms with E-state index in [1.165, 1.54) is 4.90 Å². The van der Waals surface area contributed by atoms with E-state index in [1.807, 2.05) is 72.8 Å². The van der Waals surface area contributed by atoms with Crippen molar-refractivity contribution < 1.29 is 4.79 Å². The van der Waals surface area contributed by atoms with Crippen molar-refractivity contribution in [3.05, 3.63) is 93.4 Å². The second-order valence-electron chi connectivity index (χ2n) is 5.37. The van der Waals surface area contributed by atoms with E-state index in [1.54, 1.807) is 11.8 Å². The Morgan fingerprint density at radius 2 is 1.64 bits per heavy atom. The molecule has 5 heteroatoms. The van der Waals surface area contributed by atoms with Gasteiger partial charge in [-0.3, -0.25) is 4.79 Å². The summed E-state index contributed by atoms with van der Waals surface area (Å²) < 4.78 is 0.860. The van der Waals surface area contributed by atoms with Crippen LogP contribution in [0, 0.1) is 0 Å². The molecule has 0 aliphatic rings. The van der Waals surface area contributed by atoms with Gasteiger partial charge in [0.25, 0.3) is 5.91 Å². The van der Waals surface area contributed by atoms with Crippen molar-refractivity contribution in [1.82, 2.24) is 0 Å². The molecular weight excluding hydrogens is 418 g/mol. The van der Waals surface area contributed by atoms with Crippen LogP contribution in [0.15, 0.2) is 82.2 Å². The first kappa shape index (κ1) is 18.1. The molecule has 1 N–H and O–H groups in total. The van der Waals surface area contributed by atoms with Crippen molar-refractivity contribution in [2.45, 2.75) is 10.6 Å². The van der Waals surface area contributed by atoms with E-state index in [-0.39, 0.29) is 5.91 Å². The zero-order valence-electron chi connectivity index (χ0n) is 13.2. The Kier molecular flexibility index (Phi) is 6.19. The number of amides is 1. The second kappa shape index (κ2) is 8.56. The highest BCUT2D eigenvalue weighted by atomic mass is 79.9. The monoisotopic (exact) mass is 431 g/mol. The third kappa shape index (κ3) is 5.11. The molecule has 0 saturated carbocycles. The molecule has 0 heterocycles. The summed E-state index contributed by atoms with van der Waals surface area (Å²) in [5.41, 5.74) is 2.56. The van der Waals surface area contributed by atoms with E-state index in [4.69, 9.17) is 11.6 Å². The molecule has 0 saturated heterocycles. The van der Waals surface area contributed by atoms with Gasteiger partial charge in [0.15, 0.2) is 0 Å². The zero-order valence-corrected chi connectivity index (χ0v) is 16.4. The van der Waals surface area contributed by atoms with Crippen LogP contribution in [-0.2, 0) is 5.75 Å². The highest BCUT2D eigenvalue weighted by Crippen LogP contribution is 2.25. The van der Waals surface area contributed by atoms with Gasteiger partial charge in [0.05, 0.1) is 5.69 Å². The number of benzene rings is 3. The largest absolute Gasteiger partial charge is 0.321 e. The van der Waals surface area contributed by atoms with Crippen molar-refractivity contribution in [2.24, 2.45) is 0 Å². The Hall–Kier alpha value is -1.75. The number of anilines is 1. The number of carbonyl (C=O) groups is 1. The topological polar surface area (TPSA) is 29.1 Å². The Morgan fingerprint density at radius 3 is 2.32 bits per heavy atom. The van der Waals surface area contributed by atoms with E-state index in [0.29, 0.717) is 5.56 Å². The molecule has 3 rings (SSSR count). The molecule has 2 nitrogen and oxygen atoms in total. The Balaban J connectivity index is 1.60. The minimum Gasteiger partial charge on any atom is -0.321 e. The van der Waals surface area contributed by atoms with E-state index < -0.39 is 0 Å². The summed E-state index contributed by atoms with van der Waals surface area (Å²) in [6, 6.07) is 23.0. The van der Waals surface area contributed by atoms with Crippen LogP contribution in [0.5, 0.6) is 0 Å². The lowest BCUT2D eigenvalue weighted by Gasteiger charge is -2.08. The van der Waals surface area contributed by atoms with Crippen molar-refractivity contribution >= 4 is 50.9 Å². The molecule has 126 valence electrons. The molecule has 0 atom stereocenters. The van der Waals surface area contributed by atoms with E-state index in [9.17, 15) is 4.79 Å². The number of para-hydroxylation sites is 1. The lowest BCUT2D eigenvalue weighted by atomic mass is 10.1. The third-order valence-electron chi connectivity index (χ3n) is 3.56. The molecule has 3 aromatic rings. The first-order chi connectivity index (χ1) is 12.1. The van der Waals surface area contributed by atoms with Gasteiger partial charge < -0.3 is 5.32 Å². The summed E-state index contributed by atoms with van der Waals surface area (Å²) in [6.45, 7) is 0. The Labute approximate surface area is 164 Å². The molecule has 0 aliphatic carbocycles. The summed E-state index contributed by atoms with van der Waals surface area (Å²) in [6.07, 6.45) is 0. The number of hydrogen-bond acceptors (Lipinski definition) is 2. The van der Waals surface area contributed by atoms with Crippen LogP contribution in [0.25, 0.3) is 0 Å². The molecule has 3 aromatic carbocycles. The molecule has 25 heavy (non-hydrogen) atoms. The van der Waals surface area contributed by atoms with Crippen molar-refractivity contribution in [3.63, 3.8) is 0 Å². The van der Waals surface area contributed by atoms with Gasteiger partial charge in [-0.1, -0.05) is 35.9 Å². The summed E-state index contributed by atoms with van der Waals surface area (Å²) in [5, 5.41) is 3.65. The first-order valence-corrected chi connectivity index (χ1v) is 9.81. The fourth-order valence-electron chi connectivity index (χ4n) is 2.21. The maximum atomic E-state index is 12.3. The van der Waals surface area contributed by atoms with Crippen LogP contribution in [0.4, 0.5) is 5.69 Å². The molecule has 1 amide bonds. The van der Waals surface area contributed by atoms with Crippen LogP contribution in [-0.4, -0.2) is 5.91 Å². The normalized spacial score (nSPS) is 10.5. The van der Waals surface area contributed by atoms with Gasteiger partial charge in [0.1, 0.15) is 0 Å². The SMILES string of the molecule is O=C(Nc1ccccc1Br)c1ccc(CSc2ccc(Cl)cc2)cc1. The molecular formula is C20H15BrClNOS. The van der Waals surface area contributed by atoms with Gasteiger partial charge in [-0.25, -0.2) is 0 Å². The zero-order chi connectivity index (χ0) is 17.6. The number of thioether (sulfide) groups is 1. The van der Waals surface area contributed by atoms with Crippen LogP contribution in [0.2, 0.25) is 5.02 Å². The van der Waals surface area contributed by atoms with Crippen LogP contribution >= 0.6 is 39.3 Å². The van der Waals surface area contributed by atoms with Gasteiger partial charge in [0, 0.05) is 25.7 Å². The lowest BCUT2D eigenvalue weighted by molar-refractivity contribution is 0.102. The molecule has 0 aliphatic heterocycles. The minimum absolute atomic E-state index is 0.121. The van der Waals surface area contributed by atoms with Crippen LogP contribution < -0.4 is 5.32 Å². The number of hydrogen-bond donors (Lipinski definition) is 1. The fraction of sp³-hybridized carbons (Fsp3) is 0.0500. The summed E-state index contributed by atoms with van der Waals surface area (Å²) in [4.78, 5) is 13.5. The van der Waals surface area contributed by atoms with E-state index in [0.717, 1.165) is 26.5 Å². The summed E-state index contributed by atoms with van der Waals surface area (Å²) in [5.74, 6) is 0.720. The average Bonchev–Trinajstić information content (AvgIpc) is 2.63. The fourth-order valence-corrected chi connectivity index (χ4v) is 3.57. The number of halogens is 2. The van der Waals surface area contributed by atoms with Gasteiger partial charge in [-0.15, -0.1) is 11.8 Å². The molecule has 0 unspecified atom stereocenters. The van der Waals surface area contributed by atoms with Gasteiger partial charge >= 0.3 is 0 Å². The summed E-state index contributed by atoms with van der Waals surface area (Å²) in [7, 11) is 0. The predicted molar refractivity (Wildman–Crippen MR) is 110 cm³/mol. The molecule has 0 radical (unpaired) electrons. The van der Waals surface area contributed by atoms with Gasteiger partial charge in [-0.05, 0) is 70.0 Å². The van der Waals surface area contributed by atoms with Crippen molar-refractivity contribution in [1.29, 1.82) is 0 Å². The standard InChI is InChI=1S/C20H15BrClNOS/c21-18-3-1-2-4-19(18)23-20(24)15-7-5-14(6-8-15)13-25-17-11-9-16(22)10-12-17/h1-12H,13H2,(H,23,24). The second-order valence-corrected chi connectivity index (χ2v) is 7.71. The smallest absolute Gasteiger partial charge is 0.255 e. The highest BCUT2D eigenvalue weighted by molar-refractivity contribution is 9.10. The van der Waals surface area contributed by atoms with Crippen LogP contribution in [0.3, 0.4) is 0 Å². The average molecular weight is 433 g/mol. The van der Waals surface area contributed by atoms with E-state index >= 15 is 0 Å². The number of rotatable bonds is 5. The highest BCUT2D eigenvalue weighted by Gasteiger charge is 2.08. The maximum absolute atomic E-state index is 12.3. The first-order valence-electron chi connectivity index (χ1n) is 7.65. The molecule has 0 fully saturated rings. The van der Waals surface area contributed by atoms with Crippen LogP contribution in [0.1, 0.15) is 15.9 Å². The Morgan fingerprint density at radius 1 is 0.960 bits per heavy atom.